The van der Waals surface area contributed by atoms with Crippen molar-refractivity contribution in [2.24, 2.45) is 0 Å². The Hall–Kier alpha value is -1.09. The Morgan fingerprint density at radius 3 is 3.06 bits per heavy atom. The summed E-state index contributed by atoms with van der Waals surface area (Å²) in [5, 5.41) is 0. The van der Waals surface area contributed by atoms with Crippen LogP contribution in [-0.2, 0) is 0 Å². The van der Waals surface area contributed by atoms with Gasteiger partial charge in [0.25, 0.3) is 0 Å². The van der Waals surface area contributed by atoms with E-state index in [4.69, 9.17) is 5.73 Å². The minimum atomic E-state index is 0.569. The summed E-state index contributed by atoms with van der Waals surface area (Å²) in [5.41, 5.74) is 6.94. The molecule has 16 heavy (non-hydrogen) atoms. The molecule has 0 unspecified atom stereocenters. The first-order valence-electron chi connectivity index (χ1n) is 6.26. The third-order valence-corrected chi connectivity index (χ3v) is 3.36. The summed E-state index contributed by atoms with van der Waals surface area (Å²) in [6.07, 6.45) is 7.06. The summed E-state index contributed by atoms with van der Waals surface area (Å²) >= 11 is 0. The molecule has 1 aliphatic rings. The standard InChI is InChI=1S/C13H21N3/c1-2-3-8-16-9-4-5-12(16)11-6-7-13(14)15-10-11/h6-7,10,12H,2-5,8-9H2,1H3,(H2,14,15)/t12-/m1/s1. The van der Waals surface area contributed by atoms with Gasteiger partial charge >= 0.3 is 0 Å². The molecule has 1 aromatic heterocycles. The van der Waals surface area contributed by atoms with Gasteiger partial charge in [0.05, 0.1) is 0 Å². The normalized spacial score (nSPS) is 21.4. The number of hydrogen-bond acceptors (Lipinski definition) is 3. The monoisotopic (exact) mass is 219 g/mol. The minimum absolute atomic E-state index is 0.569. The van der Waals surface area contributed by atoms with E-state index in [1.807, 2.05) is 12.3 Å². The highest BCUT2D eigenvalue weighted by atomic mass is 15.2. The molecule has 0 aromatic carbocycles. The molecule has 1 aromatic rings. The molecule has 0 bridgehead atoms. The Kier molecular flexibility index (Phi) is 3.78. The maximum Gasteiger partial charge on any atom is 0.123 e. The molecule has 0 spiro atoms. The Balaban J connectivity index is 2.04. The zero-order chi connectivity index (χ0) is 11.4. The lowest BCUT2D eigenvalue weighted by molar-refractivity contribution is 0.253. The van der Waals surface area contributed by atoms with E-state index in [0.717, 1.165) is 0 Å². The van der Waals surface area contributed by atoms with Crippen molar-refractivity contribution in [1.82, 2.24) is 9.88 Å². The first-order chi connectivity index (χ1) is 7.81. The number of aromatic nitrogens is 1. The molecule has 3 heteroatoms. The van der Waals surface area contributed by atoms with Gasteiger partial charge in [0.1, 0.15) is 5.82 Å². The number of nitrogen functional groups attached to an aromatic ring is 1. The summed E-state index contributed by atoms with van der Waals surface area (Å²) in [7, 11) is 0. The van der Waals surface area contributed by atoms with Gasteiger partial charge in [-0.1, -0.05) is 19.4 Å². The van der Waals surface area contributed by atoms with E-state index in [1.165, 1.54) is 44.3 Å². The number of likely N-dealkylation sites (tertiary alicyclic amines) is 1. The number of unbranched alkanes of at least 4 members (excludes halogenated alkanes) is 1. The van der Waals surface area contributed by atoms with Crippen molar-refractivity contribution in [1.29, 1.82) is 0 Å². The fourth-order valence-corrected chi connectivity index (χ4v) is 2.45. The van der Waals surface area contributed by atoms with Crippen molar-refractivity contribution in [3.05, 3.63) is 23.9 Å². The quantitative estimate of drug-likeness (QED) is 0.846. The number of nitrogens with zero attached hydrogens (tertiary/aromatic N) is 2. The fraction of sp³-hybridized carbons (Fsp3) is 0.615. The van der Waals surface area contributed by atoms with Crippen molar-refractivity contribution in [2.75, 3.05) is 18.8 Å². The molecule has 0 saturated carbocycles. The molecule has 88 valence electrons. The van der Waals surface area contributed by atoms with Gasteiger partial charge in [-0.25, -0.2) is 4.98 Å². The summed E-state index contributed by atoms with van der Waals surface area (Å²) in [6.45, 7) is 4.69. The molecule has 3 nitrogen and oxygen atoms in total. The van der Waals surface area contributed by atoms with Gasteiger partial charge in [-0.3, -0.25) is 4.90 Å². The third-order valence-electron chi connectivity index (χ3n) is 3.36. The Labute approximate surface area is 97.7 Å². The predicted molar refractivity (Wildman–Crippen MR) is 67.1 cm³/mol. The largest absolute Gasteiger partial charge is 0.384 e. The van der Waals surface area contributed by atoms with Crippen LogP contribution in [0.15, 0.2) is 18.3 Å². The van der Waals surface area contributed by atoms with E-state index in [1.54, 1.807) is 0 Å². The molecular weight excluding hydrogens is 198 g/mol. The van der Waals surface area contributed by atoms with Crippen LogP contribution in [0.3, 0.4) is 0 Å². The lowest BCUT2D eigenvalue weighted by Gasteiger charge is -2.24. The molecule has 2 N–H and O–H groups in total. The van der Waals surface area contributed by atoms with Gasteiger partial charge < -0.3 is 5.73 Å². The van der Waals surface area contributed by atoms with Gasteiger partial charge in [0.2, 0.25) is 0 Å². The Morgan fingerprint density at radius 1 is 1.50 bits per heavy atom. The van der Waals surface area contributed by atoms with E-state index in [0.29, 0.717) is 11.9 Å². The third kappa shape index (κ3) is 2.53. The molecule has 0 aliphatic carbocycles. The van der Waals surface area contributed by atoms with Gasteiger partial charge in [-0.2, -0.15) is 0 Å². The molecule has 1 saturated heterocycles. The smallest absolute Gasteiger partial charge is 0.123 e. The van der Waals surface area contributed by atoms with Gasteiger partial charge in [0.15, 0.2) is 0 Å². The van der Waals surface area contributed by atoms with Crippen molar-refractivity contribution in [3.63, 3.8) is 0 Å². The second-order valence-electron chi connectivity index (χ2n) is 4.56. The first-order valence-corrected chi connectivity index (χ1v) is 6.26. The second kappa shape index (κ2) is 5.30. The van der Waals surface area contributed by atoms with Crippen LogP contribution in [0.2, 0.25) is 0 Å². The molecule has 0 amide bonds. The maximum absolute atomic E-state index is 5.62. The van der Waals surface area contributed by atoms with Crippen LogP contribution in [0, 0.1) is 0 Å². The summed E-state index contributed by atoms with van der Waals surface area (Å²) < 4.78 is 0. The molecule has 2 rings (SSSR count). The summed E-state index contributed by atoms with van der Waals surface area (Å²) in [6, 6.07) is 4.60. The number of anilines is 1. The van der Waals surface area contributed by atoms with Crippen LogP contribution in [0.1, 0.15) is 44.2 Å². The van der Waals surface area contributed by atoms with Gasteiger partial charge in [0, 0.05) is 12.2 Å². The van der Waals surface area contributed by atoms with Gasteiger partial charge in [-0.05, 0) is 44.0 Å². The van der Waals surface area contributed by atoms with E-state index in [9.17, 15) is 0 Å². The molecule has 0 radical (unpaired) electrons. The van der Waals surface area contributed by atoms with Crippen LogP contribution < -0.4 is 5.73 Å². The van der Waals surface area contributed by atoms with Crippen LogP contribution in [0.25, 0.3) is 0 Å². The number of nitrogens with two attached hydrogens (primary N) is 1. The molecule has 1 aliphatic heterocycles. The van der Waals surface area contributed by atoms with Crippen molar-refractivity contribution in [2.45, 2.75) is 38.6 Å². The SMILES string of the molecule is CCCCN1CCC[C@@H]1c1ccc(N)nc1. The molecular formula is C13H21N3. The van der Waals surface area contributed by atoms with E-state index in [-0.39, 0.29) is 0 Å². The number of hydrogen-bond donors (Lipinski definition) is 1. The van der Waals surface area contributed by atoms with E-state index in [2.05, 4.69) is 22.9 Å². The van der Waals surface area contributed by atoms with Crippen molar-refractivity contribution >= 4 is 5.82 Å². The minimum Gasteiger partial charge on any atom is -0.384 e. The fourth-order valence-electron chi connectivity index (χ4n) is 2.45. The average Bonchev–Trinajstić information content (AvgIpc) is 2.75. The molecule has 1 atom stereocenters. The zero-order valence-corrected chi connectivity index (χ0v) is 10.0. The average molecular weight is 219 g/mol. The van der Waals surface area contributed by atoms with Crippen LogP contribution in [0.5, 0.6) is 0 Å². The molecule has 1 fully saturated rings. The summed E-state index contributed by atoms with van der Waals surface area (Å²) in [4.78, 5) is 6.77. The number of rotatable bonds is 4. The zero-order valence-electron chi connectivity index (χ0n) is 10.0. The van der Waals surface area contributed by atoms with Crippen LogP contribution in [-0.4, -0.2) is 23.0 Å². The highest BCUT2D eigenvalue weighted by Crippen LogP contribution is 2.31. The number of pyridine rings is 1. The van der Waals surface area contributed by atoms with E-state index < -0.39 is 0 Å². The van der Waals surface area contributed by atoms with Gasteiger partial charge in [-0.15, -0.1) is 0 Å². The van der Waals surface area contributed by atoms with Crippen LogP contribution in [0.4, 0.5) is 5.82 Å². The van der Waals surface area contributed by atoms with Crippen molar-refractivity contribution < 1.29 is 0 Å². The second-order valence-corrected chi connectivity index (χ2v) is 4.56. The Morgan fingerprint density at radius 2 is 2.38 bits per heavy atom. The predicted octanol–water partition coefficient (Wildman–Crippen LogP) is 2.60. The lowest BCUT2D eigenvalue weighted by atomic mass is 10.1. The lowest BCUT2D eigenvalue weighted by Crippen LogP contribution is -2.24. The molecule has 2 heterocycles. The summed E-state index contributed by atoms with van der Waals surface area (Å²) in [5.74, 6) is 0.613. The maximum atomic E-state index is 5.62. The topological polar surface area (TPSA) is 42.1 Å². The van der Waals surface area contributed by atoms with E-state index >= 15 is 0 Å². The highest BCUT2D eigenvalue weighted by Gasteiger charge is 2.25. The van der Waals surface area contributed by atoms with Crippen LogP contribution >= 0.6 is 0 Å². The Bertz CT molecular complexity index is 320. The highest BCUT2D eigenvalue weighted by molar-refractivity contribution is 5.30. The van der Waals surface area contributed by atoms with Crippen molar-refractivity contribution in [3.8, 4) is 0 Å². The first kappa shape index (κ1) is 11.4.